The first-order valence-corrected chi connectivity index (χ1v) is 10.4. The number of benzene rings is 2. The third-order valence-corrected chi connectivity index (χ3v) is 5.50. The molecule has 0 spiro atoms. The maximum atomic E-state index is 13.8. The lowest BCUT2D eigenvalue weighted by Crippen LogP contribution is -2.47. The van der Waals surface area contributed by atoms with Crippen LogP contribution in [0.15, 0.2) is 48.5 Å². The zero-order valence-electron chi connectivity index (χ0n) is 17.4. The van der Waals surface area contributed by atoms with Crippen molar-refractivity contribution >= 4 is 11.8 Å². The minimum atomic E-state index is -4.42. The van der Waals surface area contributed by atoms with E-state index in [1.165, 1.54) is 23.1 Å². The quantitative estimate of drug-likeness (QED) is 0.634. The topological polar surface area (TPSA) is 75.4 Å². The van der Waals surface area contributed by atoms with Crippen molar-refractivity contribution in [1.29, 1.82) is 0 Å². The number of carbonyl (C=O) groups is 2. The second kappa shape index (κ2) is 10.1. The van der Waals surface area contributed by atoms with E-state index in [9.17, 15) is 27.2 Å². The highest BCUT2D eigenvalue weighted by Gasteiger charge is 2.34. The van der Waals surface area contributed by atoms with E-state index in [1.54, 1.807) is 18.2 Å². The monoisotopic (exact) mass is 451 g/mol. The Morgan fingerprint density at radius 3 is 2.47 bits per heavy atom. The molecule has 1 saturated heterocycles. The van der Waals surface area contributed by atoms with Crippen LogP contribution in [0.3, 0.4) is 0 Å². The van der Waals surface area contributed by atoms with Gasteiger partial charge < -0.3 is 16.0 Å². The molecule has 1 heterocycles. The second-order valence-electron chi connectivity index (χ2n) is 7.92. The van der Waals surface area contributed by atoms with Gasteiger partial charge in [-0.3, -0.25) is 9.59 Å². The number of alkyl halides is 3. The van der Waals surface area contributed by atoms with E-state index in [-0.39, 0.29) is 37.0 Å². The van der Waals surface area contributed by atoms with Crippen LogP contribution in [0.2, 0.25) is 0 Å². The Morgan fingerprint density at radius 2 is 1.81 bits per heavy atom. The summed E-state index contributed by atoms with van der Waals surface area (Å²) in [7, 11) is 0. The summed E-state index contributed by atoms with van der Waals surface area (Å²) in [5.41, 5.74) is 6.24. The average molecular weight is 451 g/mol. The molecule has 3 rings (SSSR count). The fourth-order valence-electron chi connectivity index (χ4n) is 3.82. The van der Waals surface area contributed by atoms with E-state index in [2.05, 4.69) is 5.32 Å². The van der Waals surface area contributed by atoms with Crippen LogP contribution in [-0.2, 0) is 28.7 Å². The van der Waals surface area contributed by atoms with Crippen LogP contribution in [0.25, 0.3) is 0 Å². The molecule has 2 amide bonds. The Balaban J connectivity index is 1.53. The van der Waals surface area contributed by atoms with Crippen molar-refractivity contribution in [2.45, 2.75) is 50.5 Å². The number of hydrogen-bond acceptors (Lipinski definition) is 3. The van der Waals surface area contributed by atoms with E-state index < -0.39 is 23.8 Å². The zero-order chi connectivity index (χ0) is 23.3. The largest absolute Gasteiger partial charge is 0.416 e. The molecular weight excluding hydrogens is 426 g/mol. The average Bonchev–Trinajstić information content (AvgIpc) is 3.23. The highest BCUT2D eigenvalue weighted by Crippen LogP contribution is 2.29. The minimum Gasteiger partial charge on any atom is -0.350 e. The molecule has 5 nitrogen and oxygen atoms in total. The number of nitrogens with two attached hydrogens (primary N) is 1. The van der Waals surface area contributed by atoms with Crippen LogP contribution < -0.4 is 11.1 Å². The molecule has 1 unspecified atom stereocenters. The molecular formula is C23H25F4N3O2. The fourth-order valence-corrected chi connectivity index (χ4v) is 3.82. The van der Waals surface area contributed by atoms with Crippen molar-refractivity contribution in [3.63, 3.8) is 0 Å². The van der Waals surface area contributed by atoms with E-state index in [0.717, 1.165) is 12.1 Å². The normalized spacial score (nSPS) is 17.3. The third-order valence-electron chi connectivity index (χ3n) is 5.50. The molecule has 1 fully saturated rings. The number of rotatable bonds is 7. The Labute approximate surface area is 183 Å². The smallest absolute Gasteiger partial charge is 0.350 e. The number of likely N-dealkylation sites (tertiary alicyclic amines) is 1. The van der Waals surface area contributed by atoms with Gasteiger partial charge in [0.25, 0.3) is 0 Å². The SMILES string of the molecule is NC(CC(=O)N1CCC[C@H]1C(=O)NCc1ccc(C(F)(F)F)cc1)Cc1ccccc1F. The number of amides is 2. The van der Waals surface area contributed by atoms with Gasteiger partial charge in [0, 0.05) is 25.6 Å². The molecule has 2 aromatic rings. The molecule has 32 heavy (non-hydrogen) atoms. The molecule has 9 heteroatoms. The van der Waals surface area contributed by atoms with Gasteiger partial charge in [0.05, 0.1) is 5.56 Å². The van der Waals surface area contributed by atoms with E-state index in [1.807, 2.05) is 0 Å². The predicted molar refractivity (Wildman–Crippen MR) is 111 cm³/mol. The van der Waals surface area contributed by atoms with Crippen molar-refractivity contribution in [2.75, 3.05) is 6.54 Å². The van der Waals surface area contributed by atoms with Gasteiger partial charge in [0.2, 0.25) is 11.8 Å². The van der Waals surface area contributed by atoms with E-state index in [0.29, 0.717) is 30.5 Å². The Hall–Kier alpha value is -2.94. The maximum absolute atomic E-state index is 13.8. The highest BCUT2D eigenvalue weighted by atomic mass is 19.4. The highest BCUT2D eigenvalue weighted by molar-refractivity contribution is 5.88. The van der Waals surface area contributed by atoms with Crippen LogP contribution in [0.5, 0.6) is 0 Å². The molecule has 0 radical (unpaired) electrons. The van der Waals surface area contributed by atoms with Crippen LogP contribution in [0.1, 0.15) is 36.0 Å². The van der Waals surface area contributed by atoms with E-state index >= 15 is 0 Å². The number of carbonyl (C=O) groups excluding carboxylic acids is 2. The molecule has 3 N–H and O–H groups in total. The first-order valence-electron chi connectivity index (χ1n) is 10.4. The van der Waals surface area contributed by atoms with E-state index in [4.69, 9.17) is 5.73 Å². The third kappa shape index (κ3) is 6.06. The summed E-state index contributed by atoms with van der Waals surface area (Å²) in [5.74, 6) is -1.02. The second-order valence-corrected chi connectivity index (χ2v) is 7.92. The van der Waals surface area contributed by atoms with Crippen LogP contribution >= 0.6 is 0 Å². The Kier molecular flexibility index (Phi) is 7.50. The number of hydrogen-bond donors (Lipinski definition) is 2. The number of nitrogens with one attached hydrogen (secondary N) is 1. The summed E-state index contributed by atoms with van der Waals surface area (Å²) in [5, 5.41) is 2.69. The molecule has 0 saturated carbocycles. The Bertz CT molecular complexity index is 947. The van der Waals surface area contributed by atoms with Gasteiger partial charge in [-0.2, -0.15) is 13.2 Å². The van der Waals surface area contributed by atoms with Crippen molar-refractivity contribution in [1.82, 2.24) is 10.2 Å². The van der Waals surface area contributed by atoms with Crippen LogP contribution in [-0.4, -0.2) is 35.3 Å². The van der Waals surface area contributed by atoms with Crippen LogP contribution in [0.4, 0.5) is 17.6 Å². The molecule has 1 aliphatic heterocycles. The first-order chi connectivity index (χ1) is 15.1. The van der Waals surface area contributed by atoms with Gasteiger partial charge in [-0.25, -0.2) is 4.39 Å². The molecule has 2 aromatic carbocycles. The molecule has 0 bridgehead atoms. The summed E-state index contributed by atoms with van der Waals surface area (Å²) >= 11 is 0. The summed E-state index contributed by atoms with van der Waals surface area (Å²) in [6.07, 6.45) is -3.08. The summed E-state index contributed by atoms with van der Waals surface area (Å²) in [6, 6.07) is 9.53. The van der Waals surface area contributed by atoms with Crippen molar-refractivity contribution in [3.05, 3.63) is 71.0 Å². The molecule has 1 aliphatic rings. The fraction of sp³-hybridized carbons (Fsp3) is 0.391. The number of halogens is 4. The predicted octanol–water partition coefficient (Wildman–Crippen LogP) is 3.41. The van der Waals surface area contributed by atoms with Crippen molar-refractivity contribution < 1.29 is 27.2 Å². The molecule has 2 atom stereocenters. The Morgan fingerprint density at radius 1 is 1.12 bits per heavy atom. The van der Waals surface area contributed by atoms with Crippen LogP contribution in [0, 0.1) is 5.82 Å². The molecule has 0 aromatic heterocycles. The summed E-state index contributed by atoms with van der Waals surface area (Å²) in [6.45, 7) is 0.478. The standard InChI is InChI=1S/C23H25F4N3O2/c24-19-5-2-1-4-16(19)12-18(28)13-21(31)30-11-3-6-20(30)22(32)29-14-15-7-9-17(10-8-15)23(25,26)27/h1-2,4-5,7-10,18,20H,3,6,11-14,28H2,(H,29,32)/t18?,20-/m0/s1. The van der Waals surface area contributed by atoms with Gasteiger partial charge >= 0.3 is 6.18 Å². The lowest BCUT2D eigenvalue weighted by molar-refractivity contribution is -0.138. The van der Waals surface area contributed by atoms with Gasteiger partial charge in [-0.15, -0.1) is 0 Å². The zero-order valence-corrected chi connectivity index (χ0v) is 17.4. The summed E-state index contributed by atoms with van der Waals surface area (Å²) in [4.78, 5) is 26.8. The molecule has 0 aliphatic carbocycles. The number of nitrogens with zero attached hydrogens (tertiary/aromatic N) is 1. The van der Waals surface area contributed by atoms with Crippen molar-refractivity contribution in [2.24, 2.45) is 5.73 Å². The minimum absolute atomic E-state index is 0.0168. The maximum Gasteiger partial charge on any atom is 0.416 e. The molecule has 172 valence electrons. The van der Waals surface area contributed by atoms with Gasteiger partial charge in [0.1, 0.15) is 11.9 Å². The van der Waals surface area contributed by atoms with Crippen molar-refractivity contribution in [3.8, 4) is 0 Å². The lowest BCUT2D eigenvalue weighted by atomic mass is 10.0. The lowest BCUT2D eigenvalue weighted by Gasteiger charge is -2.25. The van der Waals surface area contributed by atoms with Gasteiger partial charge in [-0.1, -0.05) is 30.3 Å². The first kappa shape index (κ1) is 23.7. The van der Waals surface area contributed by atoms with Gasteiger partial charge in [0.15, 0.2) is 0 Å². The summed E-state index contributed by atoms with van der Waals surface area (Å²) < 4.78 is 51.8. The van der Waals surface area contributed by atoms with Gasteiger partial charge in [-0.05, 0) is 48.6 Å².